The molecular formula is C32H27F5O4. The van der Waals surface area contributed by atoms with Crippen LogP contribution < -0.4 is 9.47 Å². The average Bonchev–Trinajstić information content (AvgIpc) is 2.94. The molecule has 0 bridgehead atoms. The van der Waals surface area contributed by atoms with Gasteiger partial charge < -0.3 is 9.47 Å². The maximum absolute atomic E-state index is 14.5. The predicted molar refractivity (Wildman–Crippen MR) is 145 cm³/mol. The largest absolute Gasteiger partial charge is 0.426 e. The third-order valence-corrected chi connectivity index (χ3v) is 5.52. The fourth-order valence-electron chi connectivity index (χ4n) is 3.61. The van der Waals surface area contributed by atoms with Crippen molar-refractivity contribution in [3.8, 4) is 33.8 Å². The average molecular weight is 575 g/mol. The zero-order valence-corrected chi connectivity index (χ0v) is 21.9. The van der Waals surface area contributed by atoms with Gasteiger partial charge in [-0.3, -0.25) is 9.59 Å². The number of alkyl halides is 3. The Balaban J connectivity index is 0.000000934. The van der Waals surface area contributed by atoms with Crippen molar-refractivity contribution in [3.05, 3.63) is 108 Å². The molecule has 0 amide bonds. The van der Waals surface area contributed by atoms with Crippen LogP contribution in [-0.4, -0.2) is 11.9 Å². The number of halogens is 5. The molecule has 4 nitrogen and oxygen atoms in total. The monoisotopic (exact) mass is 574 g/mol. The molecule has 4 rings (SSSR count). The maximum atomic E-state index is 14.5. The van der Waals surface area contributed by atoms with Crippen molar-refractivity contribution in [2.24, 2.45) is 0 Å². The first-order valence-electron chi connectivity index (χ1n) is 13.7. The van der Waals surface area contributed by atoms with Crippen LogP contribution in [-0.2, 0) is 15.8 Å². The van der Waals surface area contributed by atoms with Crippen molar-refractivity contribution in [2.45, 2.75) is 39.7 Å². The quantitative estimate of drug-likeness (QED) is 0.0999. The normalized spacial score (nSPS) is 11.5. The van der Waals surface area contributed by atoms with Crippen LogP contribution in [0.25, 0.3) is 22.3 Å². The van der Waals surface area contributed by atoms with E-state index in [-0.39, 0.29) is 22.6 Å². The van der Waals surface area contributed by atoms with Gasteiger partial charge in [0.2, 0.25) is 0 Å². The summed E-state index contributed by atoms with van der Waals surface area (Å²) in [6.07, 6.45) is -4.63. The predicted octanol–water partition coefficient (Wildman–Crippen LogP) is 8.94. The molecular weight excluding hydrogens is 543 g/mol. The van der Waals surface area contributed by atoms with E-state index in [1.54, 1.807) is 12.1 Å². The summed E-state index contributed by atoms with van der Waals surface area (Å²) < 4.78 is 90.2. The molecule has 41 heavy (non-hydrogen) atoms. The molecule has 0 unspecified atom stereocenters. The smallest absolute Gasteiger partial charge is 0.416 e. The number of hydrogen-bond donors (Lipinski definition) is 0. The van der Waals surface area contributed by atoms with E-state index >= 15 is 0 Å². The number of rotatable bonds is 6. The molecule has 0 saturated carbocycles. The minimum absolute atomic E-state index is 0.00551. The molecule has 0 heterocycles. The Kier molecular flexibility index (Phi) is 9.36. The molecule has 0 spiro atoms. The zero-order valence-electron chi connectivity index (χ0n) is 23.9. The summed E-state index contributed by atoms with van der Waals surface area (Å²) in [5.74, 6) is -3.85. The highest BCUT2D eigenvalue weighted by Gasteiger charge is 2.30. The van der Waals surface area contributed by atoms with Crippen LogP contribution in [0.5, 0.6) is 11.5 Å². The highest BCUT2D eigenvalue weighted by atomic mass is 19.4. The summed E-state index contributed by atoms with van der Waals surface area (Å²) in [5.41, 5.74) is 1.29. The van der Waals surface area contributed by atoms with E-state index in [1.807, 2.05) is 19.1 Å². The molecule has 0 saturated heterocycles. The second kappa shape index (κ2) is 13.7. The summed E-state index contributed by atoms with van der Waals surface area (Å²) in [5, 5.41) is 0. The minimum atomic E-state index is -4.52. The van der Waals surface area contributed by atoms with Gasteiger partial charge in [0.1, 0.15) is 29.6 Å². The van der Waals surface area contributed by atoms with Gasteiger partial charge in [-0.05, 0) is 54.4 Å². The van der Waals surface area contributed by atoms with Crippen LogP contribution in [0.3, 0.4) is 0 Å². The van der Waals surface area contributed by atoms with Crippen molar-refractivity contribution in [1.29, 1.82) is 0 Å². The molecule has 0 aliphatic rings. The van der Waals surface area contributed by atoms with Gasteiger partial charge in [0.05, 0.1) is 5.56 Å². The lowest BCUT2D eigenvalue weighted by Crippen LogP contribution is -2.18. The van der Waals surface area contributed by atoms with E-state index in [9.17, 15) is 31.5 Å². The van der Waals surface area contributed by atoms with Crippen LogP contribution >= 0.6 is 0 Å². The topological polar surface area (TPSA) is 52.6 Å². The maximum Gasteiger partial charge on any atom is 0.416 e. The summed E-state index contributed by atoms with van der Waals surface area (Å²) in [6, 6.07) is 18.3. The van der Waals surface area contributed by atoms with Crippen LogP contribution in [0.1, 0.15) is 40.5 Å². The van der Waals surface area contributed by atoms with Gasteiger partial charge in [0, 0.05) is 26.0 Å². The Morgan fingerprint density at radius 1 is 0.707 bits per heavy atom. The van der Waals surface area contributed by atoms with E-state index in [0.717, 1.165) is 48.4 Å². The first-order valence-corrected chi connectivity index (χ1v) is 12.2. The number of aryl methyl sites for hydroxylation is 1. The molecule has 0 atom stereocenters. The van der Waals surface area contributed by atoms with Crippen molar-refractivity contribution in [2.75, 3.05) is 0 Å². The summed E-state index contributed by atoms with van der Waals surface area (Å²) in [7, 11) is 0. The fourth-order valence-corrected chi connectivity index (χ4v) is 3.61. The Hall–Kier alpha value is -4.53. The van der Waals surface area contributed by atoms with Gasteiger partial charge in [-0.25, -0.2) is 8.78 Å². The Morgan fingerprint density at radius 3 is 1.51 bits per heavy atom. The van der Waals surface area contributed by atoms with Crippen LogP contribution in [0.2, 0.25) is 0 Å². The van der Waals surface area contributed by atoms with Gasteiger partial charge in [-0.15, -0.1) is 0 Å². The molecule has 0 N–H and O–H groups in total. The molecule has 0 aliphatic heterocycles. The number of carbonyl (C=O) groups is 2. The lowest BCUT2D eigenvalue weighted by molar-refractivity contribution is -0.144. The first kappa shape index (κ1) is 28.0. The van der Waals surface area contributed by atoms with Crippen molar-refractivity contribution >= 4 is 11.9 Å². The number of ether oxygens (including phenoxy) is 2. The van der Waals surface area contributed by atoms with Crippen molar-refractivity contribution in [1.82, 2.24) is 0 Å². The van der Waals surface area contributed by atoms with E-state index in [0.29, 0.717) is 24.9 Å². The number of esters is 2. The summed E-state index contributed by atoms with van der Waals surface area (Å²) >= 11 is 0. The lowest BCUT2D eigenvalue weighted by Gasteiger charge is -2.10. The zero-order chi connectivity index (χ0) is 31.6. The van der Waals surface area contributed by atoms with E-state index in [2.05, 4.69) is 0 Å². The van der Waals surface area contributed by atoms with Crippen molar-refractivity contribution in [3.63, 3.8) is 0 Å². The number of hydrogen-bond acceptors (Lipinski definition) is 4. The fraction of sp³-hybridized carbons (Fsp3) is 0.188. The Labute approximate surface area is 237 Å². The molecule has 9 heteroatoms. The van der Waals surface area contributed by atoms with Crippen LogP contribution in [0.4, 0.5) is 22.0 Å². The Morgan fingerprint density at radius 2 is 1.15 bits per heavy atom. The molecule has 4 aromatic rings. The van der Waals surface area contributed by atoms with Gasteiger partial charge in [0.25, 0.3) is 0 Å². The molecule has 4 aromatic carbocycles. The third kappa shape index (κ3) is 8.73. The first-order chi connectivity index (χ1) is 20.4. The second-order valence-corrected chi connectivity index (χ2v) is 8.70. The van der Waals surface area contributed by atoms with Gasteiger partial charge in [-0.1, -0.05) is 62.2 Å². The SMILES string of the molecule is Cc1ccc(-c2ccc(OC(=O)CC(=O)Oc3ccc(-c4ccc(C(F)(F)F)cc4)c(F)c3)cc2F)cc1.[3H]CCC[3H]. The van der Waals surface area contributed by atoms with Crippen molar-refractivity contribution < 1.29 is 43.8 Å². The summed E-state index contributed by atoms with van der Waals surface area (Å²) in [4.78, 5) is 24.2. The highest BCUT2D eigenvalue weighted by molar-refractivity contribution is 5.93. The van der Waals surface area contributed by atoms with Gasteiger partial charge in [0.15, 0.2) is 0 Å². The lowest BCUT2D eigenvalue weighted by atomic mass is 10.0. The minimum Gasteiger partial charge on any atom is -0.426 e. The molecule has 214 valence electrons. The van der Waals surface area contributed by atoms with E-state index < -0.39 is 41.7 Å². The second-order valence-electron chi connectivity index (χ2n) is 8.70. The van der Waals surface area contributed by atoms with Gasteiger partial charge in [-0.2, -0.15) is 13.2 Å². The van der Waals surface area contributed by atoms with E-state index in [4.69, 9.17) is 12.2 Å². The van der Waals surface area contributed by atoms with E-state index in [1.165, 1.54) is 24.3 Å². The molecule has 0 aliphatic carbocycles. The van der Waals surface area contributed by atoms with Gasteiger partial charge >= 0.3 is 18.1 Å². The number of carbonyl (C=O) groups excluding carboxylic acids is 2. The third-order valence-electron chi connectivity index (χ3n) is 5.52. The molecule has 0 aromatic heterocycles. The Bertz CT molecular complexity index is 1540. The number of benzene rings is 4. The van der Waals surface area contributed by atoms with Crippen LogP contribution in [0.15, 0.2) is 84.9 Å². The highest BCUT2D eigenvalue weighted by Crippen LogP contribution is 2.32. The molecule has 0 fully saturated rings. The van der Waals surface area contributed by atoms with Crippen LogP contribution in [0, 0.1) is 18.6 Å². The molecule has 0 radical (unpaired) electrons. The summed E-state index contributed by atoms with van der Waals surface area (Å²) in [6.45, 7) is 2.72. The standard InChI is InChI=1S/C29H19F5O4.C3H8/c1-17-2-4-18(5-3-17)23-12-10-21(14-25(23)30)37-27(35)16-28(36)38-22-11-13-24(26(31)15-22)19-6-8-20(9-7-19)29(32,33)34;1-3-2/h2-15H,16H2,1H3;3H2,1-2H3/i;1T,2T.